The number of hydrogen-bond donors (Lipinski definition) is 3. The molecular weight excluding hydrogens is 583 g/mol. The van der Waals surface area contributed by atoms with Crippen molar-refractivity contribution < 1.29 is 48.9 Å². The van der Waals surface area contributed by atoms with Crippen LogP contribution >= 0.6 is 0 Å². The number of aryl methyl sites for hydroxylation is 1. The van der Waals surface area contributed by atoms with Gasteiger partial charge in [-0.05, 0) is 19.8 Å². The molecule has 9 nitrogen and oxygen atoms in total. The van der Waals surface area contributed by atoms with Crippen molar-refractivity contribution in [3.05, 3.63) is 47.3 Å². The Labute approximate surface area is 206 Å². The first kappa shape index (κ1) is 25.7. The van der Waals surface area contributed by atoms with Gasteiger partial charge in [-0.2, -0.15) is 29.8 Å². The van der Waals surface area contributed by atoms with Crippen LogP contribution in [0.2, 0.25) is 0 Å². The molecule has 3 rings (SSSR count). The van der Waals surface area contributed by atoms with E-state index in [2.05, 4.69) is 27.1 Å². The molecule has 1 heterocycles. The number of urea groups is 1. The summed E-state index contributed by atoms with van der Waals surface area (Å²) in [6, 6.07) is 9.58. The first-order chi connectivity index (χ1) is 15.0. The Balaban J connectivity index is 0. The molecule has 1 aliphatic rings. The molecule has 0 bridgehead atoms. The molecule has 32 heavy (non-hydrogen) atoms. The Hall–Kier alpha value is -2.61. The summed E-state index contributed by atoms with van der Waals surface area (Å²) in [5.74, 6) is 0.265. The molecule has 11 heteroatoms. The van der Waals surface area contributed by atoms with Gasteiger partial charge in [-0.3, -0.25) is 9.59 Å². The number of amides is 3. The number of aromatic nitrogens is 1. The predicted octanol–water partition coefficient (Wildman–Crippen LogP) is 1.90. The van der Waals surface area contributed by atoms with E-state index < -0.39 is 13.1 Å². The minimum absolute atomic E-state index is 0. The number of nitrogens with zero attached hydrogens (tertiary/aromatic N) is 1. The molecule has 2 aromatic rings. The molecule has 1 aliphatic carbocycles. The van der Waals surface area contributed by atoms with Crippen molar-refractivity contribution >= 4 is 30.9 Å². The van der Waals surface area contributed by atoms with Crippen LogP contribution in [0.15, 0.2) is 28.8 Å². The maximum Gasteiger partial charge on any atom is 2.00 e. The summed E-state index contributed by atoms with van der Waals surface area (Å²) in [6.45, 7) is 3.50. The molecule has 0 radical (unpaired) electrons. The second-order valence-electron chi connectivity index (χ2n) is 7.51. The number of nitrogens with one attached hydrogen (secondary N) is 3. The molecule has 1 aromatic carbocycles. The Morgan fingerprint density at radius 2 is 2.12 bits per heavy atom. The van der Waals surface area contributed by atoms with Crippen molar-refractivity contribution in [1.29, 1.82) is 0 Å². The number of hydrogen-bond acceptors (Lipinski definition) is 6. The molecule has 0 spiro atoms. The van der Waals surface area contributed by atoms with E-state index in [0.29, 0.717) is 24.2 Å². The Morgan fingerprint density at radius 1 is 1.34 bits per heavy atom. The van der Waals surface area contributed by atoms with Gasteiger partial charge in [0, 0.05) is 22.9 Å². The van der Waals surface area contributed by atoms with Crippen molar-refractivity contribution in [1.82, 2.24) is 21.0 Å². The topological polar surface area (TPSA) is 123 Å². The van der Waals surface area contributed by atoms with E-state index in [1.54, 1.807) is 25.1 Å². The van der Waals surface area contributed by atoms with Crippen molar-refractivity contribution in [2.75, 3.05) is 6.54 Å². The summed E-state index contributed by atoms with van der Waals surface area (Å²) < 4.78 is 9.80. The quantitative estimate of drug-likeness (QED) is 0.293. The van der Waals surface area contributed by atoms with Gasteiger partial charge in [-0.1, -0.05) is 37.3 Å². The van der Waals surface area contributed by atoms with Crippen molar-refractivity contribution in [3.63, 3.8) is 0 Å². The average molecular weight is 614 g/mol. The third-order valence-electron chi connectivity index (χ3n) is 5.11. The Morgan fingerprint density at radius 3 is 2.75 bits per heavy atom. The summed E-state index contributed by atoms with van der Waals surface area (Å²) >= 11 is 0. The van der Waals surface area contributed by atoms with E-state index in [0.717, 1.165) is 31.2 Å². The number of rotatable bonds is 9. The second kappa shape index (κ2) is 13.1. The molecule has 0 unspecified atom stereocenters. The van der Waals surface area contributed by atoms with E-state index in [1.165, 1.54) is 12.9 Å². The van der Waals surface area contributed by atoms with Gasteiger partial charge in [0.2, 0.25) is 0 Å². The van der Waals surface area contributed by atoms with Crippen LogP contribution in [-0.2, 0) is 36.9 Å². The van der Waals surface area contributed by atoms with Crippen molar-refractivity contribution in [2.45, 2.75) is 51.5 Å². The van der Waals surface area contributed by atoms with Crippen LogP contribution in [0.1, 0.15) is 58.2 Å². The fourth-order valence-electron chi connectivity index (χ4n) is 3.48. The van der Waals surface area contributed by atoms with Crippen LogP contribution in [0.3, 0.4) is 0 Å². The first-order valence-electron chi connectivity index (χ1n) is 10.4. The molecule has 1 saturated carbocycles. The summed E-state index contributed by atoms with van der Waals surface area (Å²) in [5, 5.41) is 12.0. The SMILES string of the molecule is Cc1cc(C(=O)NCCc2c[c-]c(B(NC(=O)NC3CCCCC3)O[C-]=O)cc2)no1.[HH].[HH].[HH].[W+2]. The minimum atomic E-state index is -0.981. The maximum absolute atomic E-state index is 12.3. The zero-order valence-corrected chi connectivity index (χ0v) is 20.7. The van der Waals surface area contributed by atoms with Crippen LogP contribution in [-0.4, -0.2) is 43.2 Å². The van der Waals surface area contributed by atoms with E-state index in [4.69, 9.17) is 9.18 Å². The minimum Gasteiger partial charge on any atom is -0.707 e. The molecule has 1 fully saturated rings. The van der Waals surface area contributed by atoms with E-state index >= 15 is 0 Å². The maximum atomic E-state index is 12.3. The van der Waals surface area contributed by atoms with Gasteiger partial charge in [0.25, 0.3) is 5.91 Å². The molecule has 0 saturated heterocycles. The van der Waals surface area contributed by atoms with E-state index in [1.807, 2.05) is 6.07 Å². The largest absolute Gasteiger partial charge is 2.00 e. The van der Waals surface area contributed by atoms with Crippen molar-refractivity contribution in [2.24, 2.45) is 0 Å². The zero-order valence-electron chi connectivity index (χ0n) is 17.8. The van der Waals surface area contributed by atoms with Gasteiger partial charge in [0.05, 0.1) is 0 Å². The fraction of sp³-hybridized carbons (Fsp3) is 0.429. The summed E-state index contributed by atoms with van der Waals surface area (Å²) in [7, 11) is -0.981. The number of carbonyl (C=O) groups is 2. The molecule has 1 aromatic heterocycles. The average Bonchev–Trinajstić information content (AvgIpc) is 3.21. The Kier molecular flexibility index (Phi) is 10.5. The van der Waals surface area contributed by atoms with Crippen LogP contribution in [0.4, 0.5) is 4.79 Å². The smallest absolute Gasteiger partial charge is 0.707 e. The molecule has 0 aliphatic heterocycles. The van der Waals surface area contributed by atoms with Crippen LogP contribution in [0.5, 0.6) is 0 Å². The Bertz CT molecular complexity index is 901. The standard InChI is InChI=1S/C21H25BN4O5.W.3H2/c1-15-13-19(26-31-15)20(28)23-12-11-16-7-9-17(10-8-16)22(30-14-27)25-21(29)24-18-5-3-2-4-6-18;;;;/h7-9,13,18H,2-6,11-12H2,1H3,(H,23,28)(H2,24,25,29);;3*1H/q-2;+2;;;. The third kappa shape index (κ3) is 7.82. The predicted molar refractivity (Wildman–Crippen MR) is 120 cm³/mol. The fourth-order valence-corrected chi connectivity index (χ4v) is 3.48. The summed E-state index contributed by atoms with van der Waals surface area (Å²) in [6.07, 6.45) is 5.86. The molecule has 0 atom stereocenters. The molecule has 3 N–H and O–H groups in total. The molecule has 3 amide bonds. The number of carbonyl (C=O) groups excluding carboxylic acids is 3. The van der Waals surface area contributed by atoms with Gasteiger partial charge in [-0.15, -0.1) is 5.46 Å². The molecule has 174 valence electrons. The third-order valence-corrected chi connectivity index (χ3v) is 5.11. The monoisotopic (exact) mass is 614 g/mol. The van der Waals surface area contributed by atoms with Crippen LogP contribution in [0.25, 0.3) is 0 Å². The number of benzene rings is 1. The van der Waals surface area contributed by atoms with E-state index in [9.17, 15) is 14.4 Å². The molecular formula is C21H31BN4O5W. The van der Waals surface area contributed by atoms with Gasteiger partial charge in [0.1, 0.15) is 5.76 Å². The van der Waals surface area contributed by atoms with Crippen LogP contribution < -0.4 is 21.3 Å². The summed E-state index contributed by atoms with van der Waals surface area (Å²) in [4.78, 5) is 35.0. The zero-order chi connectivity index (χ0) is 22.1. The van der Waals surface area contributed by atoms with Gasteiger partial charge < -0.3 is 29.8 Å². The summed E-state index contributed by atoms with van der Waals surface area (Å²) in [5.41, 5.74) is 1.65. The van der Waals surface area contributed by atoms with Gasteiger partial charge in [0.15, 0.2) is 5.69 Å². The normalized spacial score (nSPS) is 13.4. The second-order valence-corrected chi connectivity index (χ2v) is 7.51. The van der Waals surface area contributed by atoms with Gasteiger partial charge in [-0.25, -0.2) is 0 Å². The van der Waals surface area contributed by atoms with Crippen LogP contribution in [0, 0.1) is 13.0 Å². The van der Waals surface area contributed by atoms with E-state index in [-0.39, 0.29) is 43.0 Å². The van der Waals surface area contributed by atoms with Crippen molar-refractivity contribution in [3.8, 4) is 0 Å². The van der Waals surface area contributed by atoms with Gasteiger partial charge >= 0.3 is 34.1 Å². The first-order valence-corrected chi connectivity index (χ1v) is 10.4.